The lowest BCUT2D eigenvalue weighted by atomic mass is 9.73. The molecule has 0 saturated carbocycles. The van der Waals surface area contributed by atoms with Gasteiger partial charge in [-0.25, -0.2) is 0 Å². The summed E-state index contributed by atoms with van der Waals surface area (Å²) in [5.74, 6) is 0. The van der Waals surface area contributed by atoms with E-state index in [1.807, 2.05) is 26.2 Å². The molecule has 3 N–H and O–H groups in total. The van der Waals surface area contributed by atoms with Crippen molar-refractivity contribution in [2.45, 2.75) is 33.2 Å². The van der Waals surface area contributed by atoms with E-state index in [9.17, 15) is 5.11 Å². The van der Waals surface area contributed by atoms with Gasteiger partial charge in [0.25, 0.3) is 0 Å². The normalized spacial score (nSPS) is 16.7. The molecule has 1 aromatic rings. The van der Waals surface area contributed by atoms with Crippen LogP contribution in [0.2, 0.25) is 0 Å². The van der Waals surface area contributed by atoms with Crippen molar-refractivity contribution in [2.75, 3.05) is 6.61 Å². The molecule has 1 rings (SSSR count). The molecule has 0 amide bonds. The molecule has 0 aromatic carbocycles. The molecule has 0 saturated heterocycles. The predicted molar refractivity (Wildman–Crippen MR) is 61.5 cm³/mol. The quantitative estimate of drug-likeness (QED) is 0.809. The van der Waals surface area contributed by atoms with Crippen LogP contribution in [0.3, 0.4) is 0 Å². The van der Waals surface area contributed by atoms with Gasteiger partial charge in [0.2, 0.25) is 0 Å². The lowest BCUT2D eigenvalue weighted by Gasteiger charge is -2.40. The maximum absolute atomic E-state index is 9.34. The Morgan fingerprint density at radius 3 is 2.36 bits per heavy atom. The third kappa shape index (κ3) is 1.72. The highest BCUT2D eigenvalue weighted by Gasteiger charge is 2.40. The van der Waals surface area contributed by atoms with Crippen LogP contribution in [0.4, 0.5) is 0 Å². The molecule has 0 aliphatic heterocycles. The second kappa shape index (κ2) is 3.65. The van der Waals surface area contributed by atoms with Gasteiger partial charge in [-0.3, -0.25) is 0 Å². The molecular weight excluding hydrogens is 194 g/mol. The minimum Gasteiger partial charge on any atom is -0.396 e. The Morgan fingerprint density at radius 2 is 2.00 bits per heavy atom. The average molecular weight is 213 g/mol. The lowest BCUT2D eigenvalue weighted by Crippen LogP contribution is -2.49. The Kier molecular flexibility index (Phi) is 3.04. The molecule has 80 valence electrons. The molecule has 0 radical (unpaired) electrons. The van der Waals surface area contributed by atoms with Crippen LogP contribution in [0.5, 0.6) is 0 Å². The summed E-state index contributed by atoms with van der Waals surface area (Å²) in [4.78, 5) is 1.16. The monoisotopic (exact) mass is 213 g/mol. The van der Waals surface area contributed by atoms with Gasteiger partial charge in [0.15, 0.2) is 0 Å². The Morgan fingerprint density at radius 1 is 1.43 bits per heavy atom. The molecule has 0 aliphatic rings. The van der Waals surface area contributed by atoms with Gasteiger partial charge in [-0.2, -0.15) is 0 Å². The van der Waals surface area contributed by atoms with Crippen molar-refractivity contribution >= 4 is 11.3 Å². The van der Waals surface area contributed by atoms with Gasteiger partial charge in [0, 0.05) is 10.3 Å². The maximum Gasteiger partial charge on any atom is 0.0551 e. The van der Waals surface area contributed by atoms with E-state index in [-0.39, 0.29) is 12.0 Å². The topological polar surface area (TPSA) is 46.2 Å². The van der Waals surface area contributed by atoms with Crippen LogP contribution in [0, 0.1) is 12.3 Å². The van der Waals surface area contributed by atoms with E-state index in [2.05, 4.69) is 13.0 Å². The summed E-state index contributed by atoms with van der Waals surface area (Å²) in [5.41, 5.74) is 6.76. The highest BCUT2D eigenvalue weighted by molar-refractivity contribution is 7.10. The van der Waals surface area contributed by atoms with Gasteiger partial charge in [-0.15, -0.1) is 11.3 Å². The van der Waals surface area contributed by atoms with Gasteiger partial charge >= 0.3 is 0 Å². The Bertz CT molecular complexity index is 315. The molecule has 1 unspecified atom stereocenters. The summed E-state index contributed by atoms with van der Waals surface area (Å²) in [7, 11) is 0. The fourth-order valence-electron chi connectivity index (χ4n) is 1.38. The first-order chi connectivity index (χ1) is 6.33. The Labute approximate surface area is 89.8 Å². The van der Waals surface area contributed by atoms with Gasteiger partial charge in [0.1, 0.15) is 0 Å². The standard InChI is InChI=1S/C11H19NOS/c1-8-5-6-14-9(8)11(4,12)10(2,3)7-13/h5-6,13H,7,12H2,1-4H3. The number of aryl methyl sites for hydroxylation is 1. The summed E-state index contributed by atoms with van der Waals surface area (Å²) >= 11 is 1.66. The number of thiophene rings is 1. The van der Waals surface area contributed by atoms with Crippen LogP contribution in [0.25, 0.3) is 0 Å². The second-order valence-corrected chi connectivity index (χ2v) is 5.59. The number of aliphatic hydroxyl groups is 1. The third-order valence-corrected chi connectivity index (χ3v) is 4.39. The predicted octanol–water partition coefficient (Wildman–Crippen LogP) is 2.25. The first-order valence-electron chi connectivity index (χ1n) is 4.77. The summed E-state index contributed by atoms with van der Waals surface area (Å²) in [5, 5.41) is 11.4. The van der Waals surface area contributed by atoms with Crippen LogP contribution in [0.15, 0.2) is 11.4 Å². The molecule has 3 heteroatoms. The van der Waals surface area contributed by atoms with Crippen LogP contribution < -0.4 is 5.73 Å². The van der Waals surface area contributed by atoms with Crippen molar-refractivity contribution in [2.24, 2.45) is 11.1 Å². The second-order valence-electron chi connectivity index (χ2n) is 4.68. The van der Waals surface area contributed by atoms with E-state index in [4.69, 9.17) is 5.73 Å². The first kappa shape index (κ1) is 11.7. The molecule has 1 aromatic heterocycles. The highest BCUT2D eigenvalue weighted by Crippen LogP contribution is 2.40. The van der Waals surface area contributed by atoms with E-state index in [1.165, 1.54) is 5.56 Å². The van der Waals surface area contributed by atoms with Crippen molar-refractivity contribution in [1.82, 2.24) is 0 Å². The zero-order valence-electron chi connectivity index (χ0n) is 9.29. The zero-order chi connectivity index (χ0) is 11.0. The minimum atomic E-state index is -0.472. The van der Waals surface area contributed by atoms with Gasteiger partial charge < -0.3 is 10.8 Å². The third-order valence-electron chi connectivity index (χ3n) is 3.13. The number of rotatable bonds is 3. The fraction of sp³-hybridized carbons (Fsp3) is 0.636. The van der Waals surface area contributed by atoms with Crippen LogP contribution in [0.1, 0.15) is 31.2 Å². The van der Waals surface area contributed by atoms with Crippen molar-refractivity contribution in [1.29, 1.82) is 0 Å². The number of hydrogen-bond donors (Lipinski definition) is 2. The van der Waals surface area contributed by atoms with Crippen molar-refractivity contribution in [3.8, 4) is 0 Å². The molecule has 0 aliphatic carbocycles. The molecule has 2 nitrogen and oxygen atoms in total. The van der Waals surface area contributed by atoms with Crippen molar-refractivity contribution in [3.63, 3.8) is 0 Å². The number of nitrogens with two attached hydrogens (primary N) is 1. The summed E-state index contributed by atoms with van der Waals surface area (Å²) < 4.78 is 0. The minimum absolute atomic E-state index is 0.0946. The van der Waals surface area contributed by atoms with Crippen molar-refractivity contribution < 1.29 is 5.11 Å². The maximum atomic E-state index is 9.34. The summed E-state index contributed by atoms with van der Waals surface area (Å²) in [6.07, 6.45) is 0. The Hall–Kier alpha value is -0.380. The zero-order valence-corrected chi connectivity index (χ0v) is 10.1. The summed E-state index contributed by atoms with van der Waals surface area (Å²) in [6.45, 7) is 8.13. The van der Waals surface area contributed by atoms with E-state index in [0.717, 1.165) is 4.88 Å². The molecule has 0 bridgehead atoms. The molecule has 0 spiro atoms. The van der Waals surface area contributed by atoms with E-state index in [1.54, 1.807) is 11.3 Å². The van der Waals surface area contributed by atoms with E-state index < -0.39 is 5.54 Å². The molecule has 1 heterocycles. The molecule has 1 atom stereocenters. The molecule has 0 fully saturated rings. The van der Waals surface area contributed by atoms with Gasteiger partial charge in [-0.1, -0.05) is 13.8 Å². The van der Waals surface area contributed by atoms with Gasteiger partial charge in [-0.05, 0) is 30.9 Å². The SMILES string of the molecule is Cc1ccsc1C(C)(N)C(C)(C)CO. The van der Waals surface area contributed by atoms with Crippen molar-refractivity contribution in [3.05, 3.63) is 21.9 Å². The highest BCUT2D eigenvalue weighted by atomic mass is 32.1. The van der Waals surface area contributed by atoms with Gasteiger partial charge in [0.05, 0.1) is 12.1 Å². The average Bonchev–Trinajstić information content (AvgIpc) is 2.51. The summed E-state index contributed by atoms with van der Waals surface area (Å²) in [6, 6.07) is 2.07. The molecular formula is C11H19NOS. The van der Waals surface area contributed by atoms with Crippen LogP contribution >= 0.6 is 11.3 Å². The number of aliphatic hydroxyl groups excluding tert-OH is 1. The number of hydrogen-bond acceptors (Lipinski definition) is 3. The smallest absolute Gasteiger partial charge is 0.0551 e. The largest absolute Gasteiger partial charge is 0.396 e. The fourth-order valence-corrected chi connectivity index (χ4v) is 2.56. The lowest BCUT2D eigenvalue weighted by molar-refractivity contribution is 0.0828. The Balaban J connectivity index is 3.14. The van der Waals surface area contributed by atoms with E-state index in [0.29, 0.717) is 0 Å². The van der Waals surface area contributed by atoms with Crippen LogP contribution in [-0.4, -0.2) is 11.7 Å². The first-order valence-corrected chi connectivity index (χ1v) is 5.65. The van der Waals surface area contributed by atoms with E-state index >= 15 is 0 Å². The van der Waals surface area contributed by atoms with Crippen LogP contribution in [-0.2, 0) is 5.54 Å². The molecule has 14 heavy (non-hydrogen) atoms.